The van der Waals surface area contributed by atoms with Gasteiger partial charge in [-0.2, -0.15) is 0 Å². The Hall–Kier alpha value is -0.710. The van der Waals surface area contributed by atoms with Gasteiger partial charge >= 0.3 is 0 Å². The summed E-state index contributed by atoms with van der Waals surface area (Å²) in [5, 5.41) is 0. The van der Waals surface area contributed by atoms with Gasteiger partial charge < -0.3 is 9.80 Å². The van der Waals surface area contributed by atoms with Gasteiger partial charge in [0.25, 0.3) is 0 Å². The molecule has 2 aliphatic heterocycles. The first kappa shape index (κ1) is 12.7. The molecule has 17 heavy (non-hydrogen) atoms. The Balaban J connectivity index is 2.14. The van der Waals surface area contributed by atoms with Crippen molar-refractivity contribution in [1.29, 1.82) is 0 Å². The van der Waals surface area contributed by atoms with Crippen LogP contribution in [0.4, 0.5) is 0 Å². The molecular formula is C12H20N2O2S. The van der Waals surface area contributed by atoms with Gasteiger partial charge in [-0.1, -0.05) is 13.8 Å². The molecule has 0 aromatic rings. The Morgan fingerprint density at radius 1 is 1.29 bits per heavy atom. The van der Waals surface area contributed by atoms with Crippen molar-refractivity contribution >= 4 is 23.6 Å². The van der Waals surface area contributed by atoms with E-state index in [9.17, 15) is 9.59 Å². The molecule has 2 amide bonds. The van der Waals surface area contributed by atoms with Gasteiger partial charge in [-0.25, -0.2) is 0 Å². The minimum Gasteiger partial charge on any atom is -0.340 e. The van der Waals surface area contributed by atoms with E-state index in [-0.39, 0.29) is 22.6 Å². The van der Waals surface area contributed by atoms with Gasteiger partial charge in [-0.05, 0) is 6.42 Å². The quantitative estimate of drug-likeness (QED) is 0.707. The van der Waals surface area contributed by atoms with Crippen LogP contribution >= 0.6 is 11.8 Å². The Labute approximate surface area is 107 Å². The van der Waals surface area contributed by atoms with Gasteiger partial charge in [-0.15, -0.1) is 11.8 Å². The summed E-state index contributed by atoms with van der Waals surface area (Å²) in [5.74, 6) is 1.37. The van der Waals surface area contributed by atoms with Gasteiger partial charge in [-0.3, -0.25) is 9.59 Å². The topological polar surface area (TPSA) is 40.6 Å². The van der Waals surface area contributed by atoms with E-state index in [1.54, 1.807) is 6.92 Å². The van der Waals surface area contributed by atoms with Crippen LogP contribution in [0, 0.1) is 5.92 Å². The summed E-state index contributed by atoms with van der Waals surface area (Å²) < 4.78 is 0. The molecule has 96 valence electrons. The molecule has 0 aliphatic carbocycles. The fourth-order valence-electron chi connectivity index (χ4n) is 2.60. The van der Waals surface area contributed by atoms with Crippen molar-refractivity contribution in [3.05, 3.63) is 0 Å². The molecule has 2 rings (SSSR count). The summed E-state index contributed by atoms with van der Waals surface area (Å²) in [6.07, 6.45) is 0.912. The van der Waals surface area contributed by atoms with Crippen molar-refractivity contribution < 1.29 is 9.59 Å². The SMILES string of the molecule is CC(=O)N1CCC2(C1)SCCN2C(=O)C(C)C. The summed E-state index contributed by atoms with van der Waals surface area (Å²) in [7, 11) is 0. The number of rotatable bonds is 1. The maximum absolute atomic E-state index is 12.2. The lowest BCUT2D eigenvalue weighted by atomic mass is 10.1. The van der Waals surface area contributed by atoms with Crippen LogP contribution in [0.2, 0.25) is 0 Å². The normalized spacial score (nSPS) is 28.5. The van der Waals surface area contributed by atoms with Crippen molar-refractivity contribution in [2.24, 2.45) is 5.92 Å². The lowest BCUT2D eigenvalue weighted by Gasteiger charge is -2.35. The van der Waals surface area contributed by atoms with Crippen molar-refractivity contribution in [3.63, 3.8) is 0 Å². The molecular weight excluding hydrogens is 236 g/mol. The first-order valence-electron chi connectivity index (χ1n) is 6.17. The van der Waals surface area contributed by atoms with Crippen LogP contribution in [0.1, 0.15) is 27.2 Å². The van der Waals surface area contributed by atoms with Crippen LogP contribution in [-0.4, -0.2) is 51.9 Å². The number of carbonyl (C=O) groups is 2. The molecule has 0 aromatic heterocycles. The van der Waals surface area contributed by atoms with E-state index < -0.39 is 0 Å². The number of carbonyl (C=O) groups excluding carboxylic acids is 2. The molecule has 0 N–H and O–H groups in total. The molecule has 0 saturated carbocycles. The third-order valence-electron chi connectivity index (χ3n) is 3.59. The van der Waals surface area contributed by atoms with Gasteiger partial charge in [0.1, 0.15) is 4.87 Å². The molecule has 0 radical (unpaired) electrons. The second kappa shape index (κ2) is 4.52. The zero-order valence-electron chi connectivity index (χ0n) is 10.7. The summed E-state index contributed by atoms with van der Waals surface area (Å²) in [5.41, 5.74) is 0. The minimum atomic E-state index is -0.132. The number of thioether (sulfide) groups is 1. The molecule has 5 heteroatoms. The fraction of sp³-hybridized carbons (Fsp3) is 0.833. The third kappa shape index (κ3) is 2.17. The zero-order chi connectivity index (χ0) is 12.6. The maximum atomic E-state index is 12.2. The average Bonchev–Trinajstić information content (AvgIpc) is 2.86. The maximum Gasteiger partial charge on any atom is 0.226 e. The highest BCUT2D eigenvalue weighted by Gasteiger charge is 2.49. The van der Waals surface area contributed by atoms with Crippen molar-refractivity contribution in [1.82, 2.24) is 9.80 Å². The molecule has 1 unspecified atom stereocenters. The molecule has 0 aromatic carbocycles. The predicted molar refractivity (Wildman–Crippen MR) is 68.6 cm³/mol. The first-order chi connectivity index (χ1) is 7.96. The molecule has 4 nitrogen and oxygen atoms in total. The first-order valence-corrected chi connectivity index (χ1v) is 7.16. The fourth-order valence-corrected chi connectivity index (χ4v) is 4.08. The summed E-state index contributed by atoms with van der Waals surface area (Å²) in [4.78, 5) is 27.3. The van der Waals surface area contributed by atoms with Crippen LogP contribution in [0.15, 0.2) is 0 Å². The van der Waals surface area contributed by atoms with Gasteiger partial charge in [0, 0.05) is 31.7 Å². The molecule has 2 fully saturated rings. The van der Waals surface area contributed by atoms with Crippen molar-refractivity contribution in [2.45, 2.75) is 32.1 Å². The molecule has 0 bridgehead atoms. The highest BCUT2D eigenvalue weighted by Crippen LogP contribution is 2.43. The van der Waals surface area contributed by atoms with E-state index in [4.69, 9.17) is 0 Å². The van der Waals surface area contributed by atoms with Gasteiger partial charge in [0.05, 0.1) is 6.54 Å². The number of amides is 2. The molecule has 1 atom stereocenters. The summed E-state index contributed by atoms with van der Waals surface area (Å²) >= 11 is 1.84. The van der Waals surface area contributed by atoms with Gasteiger partial charge in [0.15, 0.2) is 0 Å². The molecule has 1 spiro atoms. The molecule has 2 saturated heterocycles. The Morgan fingerprint density at radius 2 is 2.00 bits per heavy atom. The van der Waals surface area contributed by atoms with Crippen LogP contribution in [0.25, 0.3) is 0 Å². The van der Waals surface area contributed by atoms with Crippen molar-refractivity contribution in [3.8, 4) is 0 Å². The van der Waals surface area contributed by atoms with Crippen LogP contribution in [0.3, 0.4) is 0 Å². The minimum absolute atomic E-state index is 0.0388. The number of hydrogen-bond acceptors (Lipinski definition) is 3. The Morgan fingerprint density at radius 3 is 2.53 bits per heavy atom. The second-order valence-electron chi connectivity index (χ2n) is 5.13. The summed E-state index contributed by atoms with van der Waals surface area (Å²) in [6.45, 7) is 7.80. The van der Waals surface area contributed by atoms with E-state index in [0.29, 0.717) is 6.54 Å². The van der Waals surface area contributed by atoms with Gasteiger partial charge in [0.2, 0.25) is 11.8 Å². The van der Waals surface area contributed by atoms with E-state index in [2.05, 4.69) is 0 Å². The highest BCUT2D eigenvalue weighted by molar-refractivity contribution is 8.00. The summed E-state index contributed by atoms with van der Waals surface area (Å²) in [6, 6.07) is 0. The largest absolute Gasteiger partial charge is 0.340 e. The van der Waals surface area contributed by atoms with E-state index in [1.807, 2.05) is 35.4 Å². The Bertz CT molecular complexity index is 345. The van der Waals surface area contributed by atoms with E-state index in [0.717, 1.165) is 25.3 Å². The molecule has 2 aliphatic rings. The van der Waals surface area contributed by atoms with Crippen molar-refractivity contribution in [2.75, 3.05) is 25.4 Å². The predicted octanol–water partition coefficient (Wildman–Crippen LogP) is 1.17. The lowest BCUT2D eigenvalue weighted by Crippen LogP contribution is -2.49. The standard InChI is InChI=1S/C12H20N2O2S/c1-9(2)11(16)14-6-7-17-12(14)4-5-13(8-12)10(3)15/h9H,4-8H2,1-3H3. The third-order valence-corrected chi connectivity index (χ3v) is 5.07. The average molecular weight is 256 g/mol. The monoisotopic (exact) mass is 256 g/mol. The highest BCUT2D eigenvalue weighted by atomic mass is 32.2. The van der Waals surface area contributed by atoms with E-state index >= 15 is 0 Å². The van der Waals surface area contributed by atoms with E-state index in [1.165, 1.54) is 0 Å². The number of likely N-dealkylation sites (tertiary alicyclic amines) is 1. The van der Waals surface area contributed by atoms with Crippen LogP contribution in [-0.2, 0) is 9.59 Å². The number of hydrogen-bond donors (Lipinski definition) is 0. The Kier molecular flexibility index (Phi) is 3.39. The molecule has 2 heterocycles. The van der Waals surface area contributed by atoms with Crippen LogP contribution in [0.5, 0.6) is 0 Å². The number of nitrogens with zero attached hydrogens (tertiary/aromatic N) is 2. The smallest absolute Gasteiger partial charge is 0.226 e. The van der Waals surface area contributed by atoms with Crippen LogP contribution < -0.4 is 0 Å². The second-order valence-corrected chi connectivity index (χ2v) is 6.59. The zero-order valence-corrected chi connectivity index (χ0v) is 11.5. The lowest BCUT2D eigenvalue weighted by molar-refractivity contribution is -0.137.